The van der Waals surface area contributed by atoms with E-state index in [2.05, 4.69) is 36.1 Å². The first kappa shape index (κ1) is 14.5. The maximum Gasteiger partial charge on any atom is 0.0713 e. The fourth-order valence-electron chi connectivity index (χ4n) is 2.83. The van der Waals surface area contributed by atoms with Crippen LogP contribution in [-0.2, 0) is 17.9 Å². The number of hydrogen-bond donors (Lipinski definition) is 1. The molecule has 0 spiro atoms. The minimum absolute atomic E-state index is 0.312. The highest BCUT2D eigenvalue weighted by Gasteiger charge is 2.22. The van der Waals surface area contributed by atoms with Gasteiger partial charge >= 0.3 is 0 Å². The molecule has 3 nitrogen and oxygen atoms in total. The molecule has 1 aliphatic rings. The predicted octanol–water partition coefficient (Wildman–Crippen LogP) is 2.39. The molecule has 0 bridgehead atoms. The Bertz CT molecular complexity index is 375. The van der Waals surface area contributed by atoms with Crippen LogP contribution in [0.5, 0.6) is 0 Å². The fraction of sp³-hybridized carbons (Fsp3) is 0.625. The third-order valence-corrected chi connectivity index (χ3v) is 4.03. The molecule has 1 aromatic carbocycles. The van der Waals surface area contributed by atoms with E-state index < -0.39 is 0 Å². The van der Waals surface area contributed by atoms with Crippen molar-refractivity contribution in [1.82, 2.24) is 4.90 Å². The molecule has 2 N–H and O–H groups in total. The van der Waals surface area contributed by atoms with Crippen molar-refractivity contribution in [3.8, 4) is 0 Å². The summed E-state index contributed by atoms with van der Waals surface area (Å²) >= 11 is 0. The van der Waals surface area contributed by atoms with Gasteiger partial charge in [0.2, 0.25) is 0 Å². The van der Waals surface area contributed by atoms with Crippen LogP contribution in [-0.4, -0.2) is 31.1 Å². The molecular formula is C16H26N2O. The summed E-state index contributed by atoms with van der Waals surface area (Å²) in [4.78, 5) is 2.53. The van der Waals surface area contributed by atoms with Crippen molar-refractivity contribution in [3.05, 3.63) is 35.4 Å². The second-order valence-corrected chi connectivity index (χ2v) is 5.75. The zero-order valence-corrected chi connectivity index (χ0v) is 12.1. The number of likely N-dealkylation sites (tertiary alicyclic amines) is 1. The van der Waals surface area contributed by atoms with Crippen LogP contribution in [0.25, 0.3) is 0 Å². The van der Waals surface area contributed by atoms with Crippen LogP contribution < -0.4 is 5.73 Å². The van der Waals surface area contributed by atoms with Gasteiger partial charge in [0, 0.05) is 26.2 Å². The molecule has 19 heavy (non-hydrogen) atoms. The Balaban J connectivity index is 1.89. The van der Waals surface area contributed by atoms with Gasteiger partial charge in [-0.3, -0.25) is 4.90 Å². The lowest BCUT2D eigenvalue weighted by Gasteiger charge is -2.34. The summed E-state index contributed by atoms with van der Waals surface area (Å²) in [5.74, 6) is 0.654. The summed E-state index contributed by atoms with van der Waals surface area (Å²) in [5, 5.41) is 0. The quantitative estimate of drug-likeness (QED) is 0.885. The van der Waals surface area contributed by atoms with Gasteiger partial charge in [0.05, 0.1) is 6.61 Å². The Hall–Kier alpha value is -0.900. The van der Waals surface area contributed by atoms with E-state index in [0.29, 0.717) is 18.6 Å². The predicted molar refractivity (Wildman–Crippen MR) is 78.8 cm³/mol. The van der Waals surface area contributed by atoms with Crippen LogP contribution in [0.4, 0.5) is 0 Å². The van der Waals surface area contributed by atoms with Crippen molar-refractivity contribution in [1.29, 1.82) is 0 Å². The molecule has 3 heteroatoms. The molecule has 1 fully saturated rings. The topological polar surface area (TPSA) is 38.5 Å². The molecule has 1 saturated heterocycles. The van der Waals surface area contributed by atoms with Gasteiger partial charge in [-0.05, 0) is 43.4 Å². The van der Waals surface area contributed by atoms with E-state index >= 15 is 0 Å². The summed E-state index contributed by atoms with van der Waals surface area (Å²) in [5.41, 5.74) is 8.65. The monoisotopic (exact) mass is 262 g/mol. The number of methoxy groups -OCH3 is 1. The van der Waals surface area contributed by atoms with Crippen LogP contribution in [0.2, 0.25) is 0 Å². The Labute approximate surface area is 116 Å². The first-order valence-electron chi connectivity index (χ1n) is 7.23. The van der Waals surface area contributed by atoms with E-state index in [1.54, 1.807) is 7.11 Å². The van der Waals surface area contributed by atoms with Crippen molar-refractivity contribution >= 4 is 0 Å². The molecule has 2 unspecified atom stereocenters. The average molecular weight is 262 g/mol. The van der Waals surface area contributed by atoms with Crippen molar-refractivity contribution in [2.24, 2.45) is 11.7 Å². The highest BCUT2D eigenvalue weighted by Crippen LogP contribution is 2.20. The molecule has 0 aromatic heterocycles. The molecule has 2 atom stereocenters. The SMILES string of the molecule is COCc1ccc(CN2CCCC(C(C)N)C2)cc1. The zero-order chi connectivity index (χ0) is 13.7. The van der Waals surface area contributed by atoms with Gasteiger partial charge in [-0.2, -0.15) is 0 Å². The number of hydrogen-bond acceptors (Lipinski definition) is 3. The van der Waals surface area contributed by atoms with Crippen molar-refractivity contribution in [2.75, 3.05) is 20.2 Å². The lowest BCUT2D eigenvalue weighted by atomic mass is 9.92. The molecule has 2 rings (SSSR count). The van der Waals surface area contributed by atoms with Crippen LogP contribution in [0, 0.1) is 5.92 Å². The lowest BCUT2D eigenvalue weighted by molar-refractivity contribution is 0.154. The Kier molecular flexibility index (Phi) is 5.37. The minimum atomic E-state index is 0.312. The van der Waals surface area contributed by atoms with Gasteiger partial charge in [-0.15, -0.1) is 0 Å². The van der Waals surface area contributed by atoms with Gasteiger partial charge in [0.15, 0.2) is 0 Å². The number of nitrogens with two attached hydrogens (primary N) is 1. The van der Waals surface area contributed by atoms with Crippen LogP contribution in [0.15, 0.2) is 24.3 Å². The average Bonchev–Trinajstić information content (AvgIpc) is 2.42. The Morgan fingerprint density at radius 2 is 2.00 bits per heavy atom. The van der Waals surface area contributed by atoms with Crippen molar-refractivity contribution in [2.45, 2.75) is 39.0 Å². The van der Waals surface area contributed by atoms with Crippen LogP contribution >= 0.6 is 0 Å². The van der Waals surface area contributed by atoms with E-state index in [-0.39, 0.29) is 0 Å². The van der Waals surface area contributed by atoms with Gasteiger partial charge in [-0.25, -0.2) is 0 Å². The summed E-state index contributed by atoms with van der Waals surface area (Å²) in [6, 6.07) is 9.05. The molecule has 0 saturated carbocycles. The van der Waals surface area contributed by atoms with Gasteiger partial charge < -0.3 is 10.5 Å². The van der Waals surface area contributed by atoms with E-state index in [0.717, 1.165) is 13.1 Å². The maximum atomic E-state index is 6.04. The number of nitrogens with zero attached hydrogens (tertiary/aromatic N) is 1. The molecule has 0 radical (unpaired) electrons. The molecule has 0 aliphatic carbocycles. The maximum absolute atomic E-state index is 6.04. The molecule has 1 aliphatic heterocycles. The smallest absolute Gasteiger partial charge is 0.0713 e. The normalized spacial score (nSPS) is 22.4. The van der Waals surface area contributed by atoms with Crippen molar-refractivity contribution < 1.29 is 4.74 Å². The highest BCUT2D eigenvalue weighted by molar-refractivity contribution is 5.22. The first-order chi connectivity index (χ1) is 9.19. The number of rotatable bonds is 5. The fourth-order valence-corrected chi connectivity index (χ4v) is 2.83. The summed E-state index contributed by atoms with van der Waals surface area (Å²) in [7, 11) is 1.73. The largest absolute Gasteiger partial charge is 0.380 e. The first-order valence-corrected chi connectivity index (χ1v) is 7.23. The third kappa shape index (κ3) is 4.30. The highest BCUT2D eigenvalue weighted by atomic mass is 16.5. The second kappa shape index (κ2) is 7.04. The van der Waals surface area contributed by atoms with E-state index in [1.165, 1.54) is 30.5 Å². The van der Waals surface area contributed by atoms with E-state index in [1.807, 2.05) is 0 Å². The summed E-state index contributed by atoms with van der Waals surface area (Å²) < 4.78 is 5.13. The molecule has 106 valence electrons. The van der Waals surface area contributed by atoms with E-state index in [9.17, 15) is 0 Å². The zero-order valence-electron chi connectivity index (χ0n) is 12.1. The Morgan fingerprint density at radius 1 is 1.32 bits per heavy atom. The van der Waals surface area contributed by atoms with Gasteiger partial charge in [-0.1, -0.05) is 24.3 Å². The molecular weight excluding hydrogens is 236 g/mol. The lowest BCUT2D eigenvalue weighted by Crippen LogP contribution is -2.41. The Morgan fingerprint density at radius 3 is 2.63 bits per heavy atom. The number of ether oxygens (including phenoxy) is 1. The van der Waals surface area contributed by atoms with Gasteiger partial charge in [0.25, 0.3) is 0 Å². The molecule has 1 heterocycles. The molecule has 1 aromatic rings. The van der Waals surface area contributed by atoms with Crippen molar-refractivity contribution in [3.63, 3.8) is 0 Å². The number of piperidine rings is 1. The van der Waals surface area contributed by atoms with Crippen LogP contribution in [0.1, 0.15) is 30.9 Å². The van der Waals surface area contributed by atoms with E-state index in [4.69, 9.17) is 10.5 Å². The van der Waals surface area contributed by atoms with Crippen LogP contribution in [0.3, 0.4) is 0 Å². The number of benzene rings is 1. The summed E-state index contributed by atoms with van der Waals surface area (Å²) in [6.45, 7) is 6.20. The minimum Gasteiger partial charge on any atom is -0.380 e. The second-order valence-electron chi connectivity index (χ2n) is 5.75. The molecule has 0 amide bonds. The van der Waals surface area contributed by atoms with Gasteiger partial charge in [0.1, 0.15) is 0 Å². The standard InChI is InChI=1S/C16H26N2O/c1-13(17)16-4-3-9-18(11-16)10-14-5-7-15(8-6-14)12-19-2/h5-8,13,16H,3-4,9-12,17H2,1-2H3. The third-order valence-electron chi connectivity index (χ3n) is 4.03. The summed E-state index contributed by atoms with van der Waals surface area (Å²) in [6.07, 6.45) is 2.55.